The van der Waals surface area contributed by atoms with E-state index >= 15 is 0 Å². The maximum Gasteiger partial charge on any atom is 0.406 e. The molecule has 1 aromatic carbocycles. The Balaban J connectivity index is 1.62. The predicted octanol–water partition coefficient (Wildman–Crippen LogP) is 3.46. The SMILES string of the molecule is CNC[C@H](CC1CCCOCC1)NC(=O)N1CCC[C@@H](C(OCCNC(=O)OC)c2cccc(F)c2)C1. The summed E-state index contributed by atoms with van der Waals surface area (Å²) in [5, 5.41) is 9.08. The first-order valence-corrected chi connectivity index (χ1v) is 13.5. The fourth-order valence-electron chi connectivity index (χ4n) is 5.35. The molecule has 2 aliphatic rings. The van der Waals surface area contributed by atoms with Crippen LogP contribution >= 0.6 is 0 Å². The van der Waals surface area contributed by atoms with Gasteiger partial charge in [0.05, 0.1) is 19.8 Å². The molecule has 0 radical (unpaired) electrons. The van der Waals surface area contributed by atoms with E-state index in [0.717, 1.165) is 57.3 Å². The van der Waals surface area contributed by atoms with Crippen molar-refractivity contribution in [1.82, 2.24) is 20.9 Å². The number of benzene rings is 1. The summed E-state index contributed by atoms with van der Waals surface area (Å²) in [7, 11) is 3.21. The third-order valence-electron chi connectivity index (χ3n) is 7.17. The highest BCUT2D eigenvalue weighted by Crippen LogP contribution is 2.33. The molecule has 10 heteroatoms. The van der Waals surface area contributed by atoms with E-state index < -0.39 is 12.2 Å². The number of alkyl carbamates (subject to hydrolysis) is 1. The van der Waals surface area contributed by atoms with Crippen LogP contribution in [0.1, 0.15) is 50.2 Å². The number of rotatable bonds is 11. The summed E-state index contributed by atoms with van der Waals surface area (Å²) >= 11 is 0. The highest BCUT2D eigenvalue weighted by molar-refractivity contribution is 5.74. The molecule has 2 fully saturated rings. The molecule has 2 unspecified atom stereocenters. The van der Waals surface area contributed by atoms with E-state index in [2.05, 4.69) is 20.7 Å². The standard InChI is InChI=1S/C27H43FN4O5/c1-29-18-24(16-20-6-5-13-36-14-10-20)31-26(33)32-12-4-8-22(19-32)25(21-7-3-9-23(28)17-21)37-15-11-30-27(34)35-2/h3,7,9,17,20,22,24-25,29H,4-6,8,10-16,18-19H2,1-2H3,(H,30,34)(H,31,33)/t20?,22-,24+,25?/m1/s1. The Morgan fingerprint density at radius 2 is 2.08 bits per heavy atom. The lowest BCUT2D eigenvalue weighted by atomic mass is 9.88. The van der Waals surface area contributed by atoms with Gasteiger partial charge in [0.2, 0.25) is 0 Å². The first kappa shape index (κ1) is 29.1. The van der Waals surface area contributed by atoms with Crippen LogP contribution in [0, 0.1) is 17.7 Å². The summed E-state index contributed by atoms with van der Waals surface area (Å²) in [6.07, 6.45) is 4.91. The molecule has 0 aromatic heterocycles. The van der Waals surface area contributed by atoms with Crippen molar-refractivity contribution >= 4 is 12.1 Å². The normalized spacial score (nSPS) is 22.0. The molecule has 3 rings (SSSR count). The lowest BCUT2D eigenvalue weighted by Crippen LogP contribution is -2.52. The Labute approximate surface area is 219 Å². The summed E-state index contributed by atoms with van der Waals surface area (Å²) in [5.41, 5.74) is 0.731. The molecule has 0 saturated carbocycles. The molecule has 1 aromatic rings. The average molecular weight is 523 g/mol. The molecule has 4 atom stereocenters. The smallest absolute Gasteiger partial charge is 0.406 e. The summed E-state index contributed by atoms with van der Waals surface area (Å²) in [6.45, 7) is 4.02. The maximum absolute atomic E-state index is 14.1. The average Bonchev–Trinajstić information content (AvgIpc) is 3.17. The van der Waals surface area contributed by atoms with E-state index in [1.807, 2.05) is 18.0 Å². The van der Waals surface area contributed by atoms with Gasteiger partial charge in [-0.05, 0) is 69.2 Å². The van der Waals surface area contributed by atoms with Gasteiger partial charge < -0.3 is 35.1 Å². The van der Waals surface area contributed by atoms with Crippen molar-refractivity contribution in [2.24, 2.45) is 11.8 Å². The van der Waals surface area contributed by atoms with Crippen molar-refractivity contribution in [2.45, 2.75) is 50.7 Å². The Hall–Kier alpha value is -2.43. The molecule has 2 saturated heterocycles. The molecule has 0 aliphatic carbocycles. The number of likely N-dealkylation sites (N-methyl/N-ethyl adjacent to an activating group) is 1. The second-order valence-electron chi connectivity index (χ2n) is 9.96. The number of urea groups is 1. The van der Waals surface area contributed by atoms with Crippen molar-refractivity contribution < 1.29 is 28.2 Å². The van der Waals surface area contributed by atoms with E-state index in [0.29, 0.717) is 25.6 Å². The molecule has 3 N–H and O–H groups in total. The molecule has 9 nitrogen and oxygen atoms in total. The van der Waals surface area contributed by atoms with Crippen LogP contribution in [0.4, 0.5) is 14.0 Å². The number of likely N-dealkylation sites (tertiary alicyclic amines) is 1. The van der Waals surface area contributed by atoms with E-state index in [1.165, 1.54) is 19.2 Å². The van der Waals surface area contributed by atoms with Crippen LogP contribution in [0.25, 0.3) is 0 Å². The number of hydrogen-bond donors (Lipinski definition) is 3. The lowest BCUT2D eigenvalue weighted by Gasteiger charge is -2.38. The number of hydrogen-bond acceptors (Lipinski definition) is 6. The van der Waals surface area contributed by atoms with Gasteiger partial charge >= 0.3 is 12.1 Å². The van der Waals surface area contributed by atoms with E-state index in [9.17, 15) is 14.0 Å². The number of carbonyl (C=O) groups is 2. The van der Waals surface area contributed by atoms with Gasteiger partial charge in [-0.3, -0.25) is 0 Å². The molecule has 208 valence electrons. The van der Waals surface area contributed by atoms with E-state index in [1.54, 1.807) is 6.07 Å². The lowest BCUT2D eigenvalue weighted by molar-refractivity contribution is -0.00880. The quantitative estimate of drug-likeness (QED) is 0.385. The topological polar surface area (TPSA) is 101 Å². The second kappa shape index (κ2) is 15.7. The van der Waals surface area contributed by atoms with Crippen LogP contribution in [0.15, 0.2) is 24.3 Å². The van der Waals surface area contributed by atoms with Gasteiger partial charge in [-0.1, -0.05) is 12.1 Å². The molecule has 0 spiro atoms. The first-order valence-electron chi connectivity index (χ1n) is 13.5. The van der Waals surface area contributed by atoms with Crippen molar-refractivity contribution in [1.29, 1.82) is 0 Å². The van der Waals surface area contributed by atoms with Gasteiger partial charge in [-0.25, -0.2) is 14.0 Å². The van der Waals surface area contributed by atoms with Crippen molar-refractivity contribution in [3.05, 3.63) is 35.6 Å². The maximum atomic E-state index is 14.1. The minimum atomic E-state index is -0.529. The highest BCUT2D eigenvalue weighted by atomic mass is 19.1. The third-order valence-corrected chi connectivity index (χ3v) is 7.17. The van der Waals surface area contributed by atoms with Crippen LogP contribution in [-0.4, -0.2) is 83.2 Å². The largest absolute Gasteiger partial charge is 0.453 e. The first-order chi connectivity index (χ1) is 18.0. The van der Waals surface area contributed by atoms with Crippen LogP contribution in [-0.2, 0) is 14.2 Å². The number of amides is 3. The Morgan fingerprint density at radius 1 is 1.22 bits per heavy atom. The van der Waals surface area contributed by atoms with Crippen molar-refractivity contribution in [2.75, 3.05) is 60.2 Å². The second-order valence-corrected chi connectivity index (χ2v) is 9.96. The molecule has 0 bridgehead atoms. The summed E-state index contributed by atoms with van der Waals surface area (Å²) in [5.74, 6) is 0.212. The number of ether oxygens (including phenoxy) is 3. The van der Waals surface area contributed by atoms with Gasteiger partial charge in [0.1, 0.15) is 5.82 Å². The highest BCUT2D eigenvalue weighted by Gasteiger charge is 2.32. The van der Waals surface area contributed by atoms with Crippen LogP contribution < -0.4 is 16.0 Å². The van der Waals surface area contributed by atoms with Crippen LogP contribution in [0.3, 0.4) is 0 Å². The predicted molar refractivity (Wildman–Crippen MR) is 139 cm³/mol. The number of nitrogens with one attached hydrogen (secondary N) is 3. The fourth-order valence-corrected chi connectivity index (χ4v) is 5.35. The number of methoxy groups -OCH3 is 1. The van der Waals surface area contributed by atoms with Gasteiger partial charge in [-0.15, -0.1) is 0 Å². The molecule has 2 aliphatic heterocycles. The Bertz CT molecular complexity index is 837. The van der Waals surface area contributed by atoms with Gasteiger partial charge in [-0.2, -0.15) is 0 Å². The fraction of sp³-hybridized carbons (Fsp3) is 0.704. The minimum absolute atomic E-state index is 0.00109. The zero-order valence-electron chi connectivity index (χ0n) is 22.2. The molecular weight excluding hydrogens is 479 g/mol. The molecule has 2 heterocycles. The van der Waals surface area contributed by atoms with Crippen LogP contribution in [0.5, 0.6) is 0 Å². The van der Waals surface area contributed by atoms with Gasteiger partial charge in [0.25, 0.3) is 0 Å². The molecular formula is C27H43FN4O5. The van der Waals surface area contributed by atoms with Gasteiger partial charge in [0.15, 0.2) is 0 Å². The van der Waals surface area contributed by atoms with Crippen molar-refractivity contribution in [3.8, 4) is 0 Å². The monoisotopic (exact) mass is 522 g/mol. The van der Waals surface area contributed by atoms with Crippen LogP contribution in [0.2, 0.25) is 0 Å². The van der Waals surface area contributed by atoms with E-state index in [-0.39, 0.29) is 37.0 Å². The molecule has 3 amide bonds. The Morgan fingerprint density at radius 3 is 2.86 bits per heavy atom. The van der Waals surface area contributed by atoms with Gasteiger partial charge in [0, 0.05) is 51.4 Å². The summed E-state index contributed by atoms with van der Waals surface area (Å²) < 4.78 is 30.4. The molecule has 37 heavy (non-hydrogen) atoms. The summed E-state index contributed by atoms with van der Waals surface area (Å²) in [4.78, 5) is 26.5. The van der Waals surface area contributed by atoms with E-state index in [4.69, 9.17) is 9.47 Å². The summed E-state index contributed by atoms with van der Waals surface area (Å²) in [6, 6.07) is 6.38. The zero-order chi connectivity index (χ0) is 26.5. The zero-order valence-corrected chi connectivity index (χ0v) is 22.2. The number of nitrogens with zero attached hydrogens (tertiary/aromatic N) is 1. The van der Waals surface area contributed by atoms with Crippen molar-refractivity contribution in [3.63, 3.8) is 0 Å². The Kier molecular flexibility index (Phi) is 12.4. The minimum Gasteiger partial charge on any atom is -0.453 e. The number of piperidine rings is 1. The third kappa shape index (κ3) is 9.75. The number of carbonyl (C=O) groups excluding carboxylic acids is 2. The number of halogens is 1.